The summed E-state index contributed by atoms with van der Waals surface area (Å²) in [4.78, 5) is 14.1. The van der Waals surface area contributed by atoms with Crippen LogP contribution in [0.15, 0.2) is 18.2 Å². The topological polar surface area (TPSA) is 62.8 Å². The van der Waals surface area contributed by atoms with Gasteiger partial charge in [-0.1, -0.05) is 29.3 Å². The van der Waals surface area contributed by atoms with E-state index >= 15 is 0 Å². The minimum absolute atomic E-state index is 0. The van der Waals surface area contributed by atoms with Crippen molar-refractivity contribution in [1.82, 2.24) is 15.5 Å². The van der Waals surface area contributed by atoms with Crippen LogP contribution in [0, 0.1) is 5.92 Å². The van der Waals surface area contributed by atoms with Crippen LogP contribution in [0.4, 0.5) is 4.79 Å². The molecule has 0 radical (unpaired) electrons. The second kappa shape index (κ2) is 10.5. The maximum atomic E-state index is 12.3. The number of hydrogen-bond donors (Lipinski definition) is 2. The van der Waals surface area contributed by atoms with Gasteiger partial charge in [0.15, 0.2) is 0 Å². The Balaban J connectivity index is 0.00000243. The highest BCUT2D eigenvalue weighted by Gasteiger charge is 2.28. The van der Waals surface area contributed by atoms with Gasteiger partial charge >= 0.3 is 6.03 Å². The molecule has 2 aliphatic heterocycles. The highest BCUT2D eigenvalue weighted by molar-refractivity contribution is 6.42. The second-order valence-electron chi connectivity index (χ2n) is 6.21. The van der Waals surface area contributed by atoms with E-state index in [4.69, 9.17) is 32.7 Å². The number of hydrogen-bond acceptors (Lipinski definition) is 4. The van der Waals surface area contributed by atoms with Crippen molar-refractivity contribution in [1.29, 1.82) is 0 Å². The summed E-state index contributed by atoms with van der Waals surface area (Å²) < 4.78 is 11.3. The van der Waals surface area contributed by atoms with Crippen LogP contribution in [-0.2, 0) is 9.47 Å². The number of ether oxygens (including phenoxy) is 2. The highest BCUT2D eigenvalue weighted by Crippen LogP contribution is 2.31. The van der Waals surface area contributed by atoms with E-state index in [9.17, 15) is 4.79 Å². The fraction of sp³-hybridized carbons (Fsp3) is 0.588. The van der Waals surface area contributed by atoms with Crippen molar-refractivity contribution in [2.75, 3.05) is 52.5 Å². The molecule has 26 heavy (non-hydrogen) atoms. The molecule has 146 valence electrons. The van der Waals surface area contributed by atoms with Gasteiger partial charge < -0.3 is 25.0 Å². The third-order valence-electron chi connectivity index (χ3n) is 4.50. The Kier molecular flexibility index (Phi) is 8.73. The molecule has 3 rings (SSSR count). The SMILES string of the molecule is Cl.O=C(NC[C@@H]1CNCCO[C@H]1c1ccc(Cl)c(Cl)c1)N1CCOCC1. The van der Waals surface area contributed by atoms with Crippen molar-refractivity contribution in [2.24, 2.45) is 5.92 Å². The summed E-state index contributed by atoms with van der Waals surface area (Å²) in [6, 6.07) is 5.50. The van der Waals surface area contributed by atoms with Crippen molar-refractivity contribution in [3.8, 4) is 0 Å². The van der Waals surface area contributed by atoms with E-state index in [0.717, 1.165) is 18.7 Å². The number of morpholine rings is 1. The number of rotatable bonds is 3. The lowest BCUT2D eigenvalue weighted by Gasteiger charge is -2.29. The van der Waals surface area contributed by atoms with E-state index in [1.807, 2.05) is 12.1 Å². The summed E-state index contributed by atoms with van der Waals surface area (Å²) >= 11 is 12.2. The Morgan fingerprint density at radius 1 is 1.23 bits per heavy atom. The van der Waals surface area contributed by atoms with E-state index in [0.29, 0.717) is 49.5 Å². The molecular weight excluding hydrogens is 401 g/mol. The predicted octanol–water partition coefficient (Wildman–Crippen LogP) is 2.73. The molecule has 0 saturated carbocycles. The van der Waals surface area contributed by atoms with Gasteiger partial charge in [0.25, 0.3) is 0 Å². The van der Waals surface area contributed by atoms with Crippen molar-refractivity contribution in [3.05, 3.63) is 33.8 Å². The van der Waals surface area contributed by atoms with Crippen molar-refractivity contribution in [2.45, 2.75) is 6.10 Å². The molecule has 2 heterocycles. The molecule has 0 unspecified atom stereocenters. The van der Waals surface area contributed by atoms with Crippen molar-refractivity contribution >= 4 is 41.6 Å². The molecule has 2 saturated heterocycles. The number of carbonyl (C=O) groups excluding carboxylic acids is 1. The van der Waals surface area contributed by atoms with Gasteiger partial charge in [0, 0.05) is 38.6 Å². The normalized spacial score (nSPS) is 23.7. The van der Waals surface area contributed by atoms with Gasteiger partial charge in [-0.3, -0.25) is 0 Å². The zero-order valence-corrected chi connectivity index (χ0v) is 16.7. The van der Waals surface area contributed by atoms with Crippen LogP contribution >= 0.6 is 35.6 Å². The molecule has 6 nitrogen and oxygen atoms in total. The fourth-order valence-electron chi connectivity index (χ4n) is 3.12. The lowest BCUT2D eigenvalue weighted by molar-refractivity contribution is 0.0294. The first kappa shape index (κ1) is 21.5. The molecule has 9 heteroatoms. The third kappa shape index (κ3) is 5.62. The van der Waals surface area contributed by atoms with E-state index in [-0.39, 0.29) is 30.5 Å². The van der Waals surface area contributed by atoms with Gasteiger partial charge in [-0.15, -0.1) is 12.4 Å². The van der Waals surface area contributed by atoms with Crippen LogP contribution in [-0.4, -0.2) is 63.5 Å². The standard InChI is InChI=1S/C17H23Cl2N3O3.ClH/c18-14-2-1-12(9-15(14)19)16-13(10-20-3-6-25-16)11-21-17(23)22-4-7-24-8-5-22;/h1-2,9,13,16,20H,3-8,10-11H2,(H,21,23);1H/t13-,16-;/m0./s1. The van der Waals surface area contributed by atoms with E-state index in [2.05, 4.69) is 10.6 Å². The summed E-state index contributed by atoms with van der Waals surface area (Å²) in [5.41, 5.74) is 0.976. The second-order valence-corrected chi connectivity index (χ2v) is 7.03. The molecule has 0 bridgehead atoms. The van der Waals surface area contributed by atoms with Gasteiger partial charge in [0.2, 0.25) is 0 Å². The lowest BCUT2D eigenvalue weighted by atomic mass is 9.95. The monoisotopic (exact) mass is 423 g/mol. The Labute approximate surface area is 169 Å². The molecule has 2 fully saturated rings. The molecule has 2 N–H and O–H groups in total. The van der Waals surface area contributed by atoms with E-state index in [1.54, 1.807) is 11.0 Å². The fourth-order valence-corrected chi connectivity index (χ4v) is 3.43. The van der Waals surface area contributed by atoms with Crippen LogP contribution in [0.3, 0.4) is 0 Å². The van der Waals surface area contributed by atoms with E-state index < -0.39 is 0 Å². The highest BCUT2D eigenvalue weighted by atomic mass is 35.5. The molecule has 0 aliphatic carbocycles. The number of benzene rings is 1. The molecular formula is C17H24Cl3N3O3. The maximum Gasteiger partial charge on any atom is 0.317 e. The lowest BCUT2D eigenvalue weighted by Crippen LogP contribution is -2.48. The minimum Gasteiger partial charge on any atom is -0.378 e. The van der Waals surface area contributed by atoms with Gasteiger partial charge in [-0.05, 0) is 17.7 Å². The summed E-state index contributed by atoms with van der Waals surface area (Å²) in [5, 5.41) is 7.42. The number of halogens is 3. The van der Waals surface area contributed by atoms with Crippen LogP contribution in [0.5, 0.6) is 0 Å². The first-order chi connectivity index (χ1) is 12.1. The zero-order valence-electron chi connectivity index (χ0n) is 14.4. The molecule has 1 aromatic rings. The molecule has 0 spiro atoms. The number of nitrogens with zero attached hydrogens (tertiary/aromatic N) is 1. The predicted molar refractivity (Wildman–Crippen MR) is 105 cm³/mol. The number of nitrogens with one attached hydrogen (secondary N) is 2. The Hall–Kier alpha value is -0.760. The largest absolute Gasteiger partial charge is 0.378 e. The van der Waals surface area contributed by atoms with Gasteiger partial charge in [-0.2, -0.15) is 0 Å². The quantitative estimate of drug-likeness (QED) is 0.783. The Bertz CT molecular complexity index is 600. The average molecular weight is 425 g/mol. The van der Waals surface area contributed by atoms with Crippen molar-refractivity contribution < 1.29 is 14.3 Å². The van der Waals surface area contributed by atoms with Gasteiger partial charge in [0.1, 0.15) is 0 Å². The Morgan fingerprint density at radius 2 is 2.00 bits per heavy atom. The smallest absolute Gasteiger partial charge is 0.317 e. The summed E-state index contributed by atoms with van der Waals surface area (Å²) in [7, 11) is 0. The van der Waals surface area contributed by atoms with Crippen molar-refractivity contribution in [3.63, 3.8) is 0 Å². The van der Waals surface area contributed by atoms with Gasteiger partial charge in [0.05, 0.1) is 36.0 Å². The maximum absolute atomic E-state index is 12.3. The molecule has 1 aromatic carbocycles. The first-order valence-corrected chi connectivity index (χ1v) is 9.28. The van der Waals surface area contributed by atoms with Crippen LogP contribution in [0.2, 0.25) is 10.0 Å². The number of urea groups is 1. The van der Waals surface area contributed by atoms with Crippen LogP contribution in [0.1, 0.15) is 11.7 Å². The minimum atomic E-state index is -0.144. The number of amides is 2. The van der Waals surface area contributed by atoms with Crippen LogP contribution < -0.4 is 10.6 Å². The summed E-state index contributed by atoms with van der Waals surface area (Å²) in [6.45, 7) is 5.11. The summed E-state index contributed by atoms with van der Waals surface area (Å²) in [5.74, 6) is 0.102. The third-order valence-corrected chi connectivity index (χ3v) is 5.24. The molecule has 0 aromatic heterocycles. The average Bonchev–Trinajstić information content (AvgIpc) is 2.88. The molecule has 2 amide bonds. The van der Waals surface area contributed by atoms with Crippen LogP contribution in [0.25, 0.3) is 0 Å². The molecule has 2 aliphatic rings. The Morgan fingerprint density at radius 3 is 2.73 bits per heavy atom. The zero-order chi connectivity index (χ0) is 17.6. The molecule has 2 atom stereocenters. The van der Waals surface area contributed by atoms with Gasteiger partial charge in [-0.25, -0.2) is 4.79 Å². The van der Waals surface area contributed by atoms with E-state index in [1.165, 1.54) is 0 Å². The first-order valence-electron chi connectivity index (χ1n) is 8.53. The number of carbonyl (C=O) groups is 1. The summed E-state index contributed by atoms with van der Waals surface area (Å²) in [6.07, 6.45) is -0.144.